The lowest BCUT2D eigenvalue weighted by molar-refractivity contribution is 0.208. The summed E-state index contributed by atoms with van der Waals surface area (Å²) in [4.78, 5) is 0. The summed E-state index contributed by atoms with van der Waals surface area (Å²) >= 11 is 0. The number of hydrogen-bond donors (Lipinski definition) is 0. The average Bonchev–Trinajstić information content (AvgIpc) is 2.12. The lowest BCUT2D eigenvalue weighted by atomic mass is 10.4. The van der Waals surface area contributed by atoms with Crippen LogP contribution in [0.25, 0.3) is 0 Å². The third kappa shape index (κ3) is 7.19. The minimum absolute atomic E-state index is 0.591. The van der Waals surface area contributed by atoms with E-state index in [4.69, 9.17) is 8.85 Å². The molecule has 0 amide bonds. The van der Waals surface area contributed by atoms with Gasteiger partial charge >= 0.3 is 9.28 Å². The van der Waals surface area contributed by atoms with Gasteiger partial charge in [-0.2, -0.15) is 0 Å². The van der Waals surface area contributed by atoms with E-state index in [0.29, 0.717) is 6.04 Å². The van der Waals surface area contributed by atoms with Crippen molar-refractivity contribution >= 4 is 25.8 Å². The molecule has 19 heavy (non-hydrogen) atoms. The molecule has 3 nitrogen and oxygen atoms in total. The first-order chi connectivity index (χ1) is 8.54. The molecule has 0 saturated carbocycles. The largest absolute Gasteiger partial charge is 0.397 e. The van der Waals surface area contributed by atoms with Crippen LogP contribution in [0.1, 0.15) is 20.8 Å². The minimum atomic E-state index is -1.49. The maximum atomic E-state index is 5.85. The molecule has 0 aliphatic carbocycles. The third-order valence-electron chi connectivity index (χ3n) is 3.12. The van der Waals surface area contributed by atoms with Gasteiger partial charge in [0.25, 0.3) is 0 Å². The first kappa shape index (κ1) is 19.5. The maximum absolute atomic E-state index is 5.85. The Morgan fingerprint density at radius 1 is 0.895 bits per heavy atom. The molecule has 0 aromatic heterocycles. The molecule has 0 radical (unpaired) electrons. The molecule has 0 heterocycles. The zero-order chi connectivity index (χ0) is 15.3. The lowest BCUT2D eigenvalue weighted by Gasteiger charge is -2.48. The zero-order valence-corrected chi connectivity index (χ0v) is 17.7. The Morgan fingerprint density at radius 2 is 1.26 bits per heavy atom. The number of nitrogens with zero attached hydrogens (tertiary/aromatic N) is 1. The van der Waals surface area contributed by atoms with Crippen LogP contribution in [0.2, 0.25) is 45.3 Å². The quantitative estimate of drug-likeness (QED) is 0.605. The molecule has 116 valence electrons. The predicted molar refractivity (Wildman–Crippen MR) is 93.2 cm³/mol. The van der Waals surface area contributed by atoms with Crippen molar-refractivity contribution in [1.82, 2.24) is 4.23 Å². The van der Waals surface area contributed by atoms with Crippen molar-refractivity contribution in [2.45, 2.75) is 72.1 Å². The van der Waals surface area contributed by atoms with Gasteiger partial charge in [-0.3, -0.25) is 0 Å². The van der Waals surface area contributed by atoms with Gasteiger partial charge in [0.1, 0.15) is 16.5 Å². The van der Waals surface area contributed by atoms with Crippen molar-refractivity contribution in [3.05, 3.63) is 0 Å². The molecule has 0 rings (SSSR count). The van der Waals surface area contributed by atoms with Crippen molar-refractivity contribution in [3.8, 4) is 0 Å². The molecule has 1 unspecified atom stereocenters. The van der Waals surface area contributed by atoms with Crippen LogP contribution < -0.4 is 0 Å². The molecule has 0 bridgehead atoms. The summed E-state index contributed by atoms with van der Waals surface area (Å²) in [5.74, 6) is 0. The van der Waals surface area contributed by atoms with E-state index in [1.807, 2.05) is 0 Å². The van der Waals surface area contributed by atoms with E-state index in [-0.39, 0.29) is 0 Å². The van der Waals surface area contributed by atoms with E-state index in [2.05, 4.69) is 64.3 Å². The molecular formula is C13H35NO2Si3. The fourth-order valence-electron chi connectivity index (χ4n) is 3.27. The van der Waals surface area contributed by atoms with Crippen LogP contribution in [0.5, 0.6) is 0 Å². The minimum Gasteiger partial charge on any atom is -0.397 e. The van der Waals surface area contributed by atoms with E-state index in [9.17, 15) is 0 Å². The van der Waals surface area contributed by atoms with Crippen molar-refractivity contribution < 1.29 is 8.85 Å². The summed E-state index contributed by atoms with van der Waals surface area (Å²) in [7, 11) is -4.07. The first-order valence-corrected chi connectivity index (χ1v) is 16.2. The molecule has 0 N–H and O–H groups in total. The van der Waals surface area contributed by atoms with Crippen molar-refractivity contribution in [1.29, 1.82) is 0 Å². The van der Waals surface area contributed by atoms with E-state index in [1.54, 1.807) is 0 Å². The van der Waals surface area contributed by atoms with Crippen LogP contribution in [-0.2, 0) is 8.85 Å². The van der Waals surface area contributed by atoms with E-state index < -0.39 is 25.8 Å². The summed E-state index contributed by atoms with van der Waals surface area (Å²) < 4.78 is 14.6. The normalized spacial score (nSPS) is 15.3. The highest BCUT2D eigenvalue weighted by Gasteiger charge is 2.38. The van der Waals surface area contributed by atoms with Crippen LogP contribution >= 0.6 is 0 Å². The molecule has 0 saturated heterocycles. The van der Waals surface area contributed by atoms with E-state index in [1.165, 1.54) is 0 Å². The molecule has 0 aromatic carbocycles. The highest BCUT2D eigenvalue weighted by atomic mass is 28.4. The monoisotopic (exact) mass is 321 g/mol. The molecule has 0 aliphatic rings. The average molecular weight is 322 g/mol. The summed E-state index contributed by atoms with van der Waals surface area (Å²) in [6, 6.07) is 1.70. The molecule has 0 fully saturated rings. The molecule has 0 aliphatic heterocycles. The van der Waals surface area contributed by atoms with Crippen LogP contribution in [0.3, 0.4) is 0 Å². The SMILES string of the molecule is CCO[SiH](CC(C)N([Si](C)(C)C)[Si](C)(C)C)OCC. The van der Waals surface area contributed by atoms with Gasteiger partial charge in [-0.25, -0.2) is 0 Å². The fraction of sp³-hybridized carbons (Fsp3) is 1.00. The van der Waals surface area contributed by atoms with Gasteiger partial charge in [0, 0.05) is 19.3 Å². The highest BCUT2D eigenvalue weighted by molar-refractivity contribution is 6.89. The van der Waals surface area contributed by atoms with E-state index in [0.717, 1.165) is 19.3 Å². The van der Waals surface area contributed by atoms with Crippen LogP contribution in [0, 0.1) is 0 Å². The Kier molecular flexibility index (Phi) is 8.32. The zero-order valence-electron chi connectivity index (χ0n) is 14.5. The van der Waals surface area contributed by atoms with Gasteiger partial charge in [0.2, 0.25) is 0 Å². The highest BCUT2D eigenvalue weighted by Crippen LogP contribution is 2.25. The lowest BCUT2D eigenvalue weighted by Crippen LogP contribution is -2.63. The Labute approximate surface area is 124 Å². The second-order valence-electron chi connectivity index (χ2n) is 7.14. The van der Waals surface area contributed by atoms with Gasteiger partial charge in [-0.05, 0) is 19.9 Å². The summed E-state index contributed by atoms with van der Waals surface area (Å²) in [6.45, 7) is 22.8. The Bertz CT molecular complexity index is 231. The Morgan fingerprint density at radius 3 is 1.53 bits per heavy atom. The van der Waals surface area contributed by atoms with Crippen LogP contribution in [0.15, 0.2) is 0 Å². The smallest absolute Gasteiger partial charge is 0.322 e. The van der Waals surface area contributed by atoms with Crippen molar-refractivity contribution in [3.63, 3.8) is 0 Å². The first-order valence-electron chi connectivity index (χ1n) is 7.56. The molecular weight excluding hydrogens is 286 g/mol. The van der Waals surface area contributed by atoms with Gasteiger partial charge in [0.15, 0.2) is 0 Å². The second kappa shape index (κ2) is 8.09. The molecule has 1 atom stereocenters. The van der Waals surface area contributed by atoms with Crippen LogP contribution in [0.4, 0.5) is 0 Å². The number of rotatable bonds is 9. The Hall–Kier alpha value is 0.531. The summed E-state index contributed by atoms with van der Waals surface area (Å²) in [6.07, 6.45) is 0. The van der Waals surface area contributed by atoms with Gasteiger partial charge in [-0.1, -0.05) is 46.2 Å². The predicted octanol–water partition coefficient (Wildman–Crippen LogP) is 3.64. The van der Waals surface area contributed by atoms with Crippen LogP contribution in [-0.4, -0.2) is 49.2 Å². The molecule has 0 spiro atoms. The van der Waals surface area contributed by atoms with Crippen molar-refractivity contribution in [2.75, 3.05) is 13.2 Å². The van der Waals surface area contributed by atoms with Gasteiger partial charge in [0.05, 0.1) is 0 Å². The summed E-state index contributed by atoms with van der Waals surface area (Å²) in [5, 5.41) is 0. The standard InChI is InChI=1S/C13H35NO2Si3/c1-10-15-17(16-11-2)12-13(3)14(18(4,5)6)19(7,8)9/h13,17H,10-12H2,1-9H3. The van der Waals surface area contributed by atoms with Gasteiger partial charge < -0.3 is 13.1 Å². The van der Waals surface area contributed by atoms with Gasteiger partial charge in [-0.15, -0.1) is 0 Å². The fourth-order valence-corrected chi connectivity index (χ4v) is 16.5. The Balaban J connectivity index is 4.85. The summed E-state index contributed by atoms with van der Waals surface area (Å²) in [5.41, 5.74) is 0. The van der Waals surface area contributed by atoms with Crippen molar-refractivity contribution in [2.24, 2.45) is 0 Å². The molecule has 0 aromatic rings. The topological polar surface area (TPSA) is 21.7 Å². The number of hydrogen-bond acceptors (Lipinski definition) is 3. The third-order valence-corrected chi connectivity index (χ3v) is 13.4. The maximum Gasteiger partial charge on any atom is 0.322 e. The van der Waals surface area contributed by atoms with E-state index >= 15 is 0 Å². The molecule has 6 heteroatoms. The second-order valence-corrected chi connectivity index (χ2v) is 19.2.